The van der Waals surface area contributed by atoms with Gasteiger partial charge in [0.05, 0.1) is 13.2 Å². The number of methoxy groups -OCH3 is 1. The summed E-state index contributed by atoms with van der Waals surface area (Å²) in [7, 11) is 1.43. The van der Waals surface area contributed by atoms with Gasteiger partial charge >= 0.3 is 0 Å². The van der Waals surface area contributed by atoms with Gasteiger partial charge in [-0.25, -0.2) is 4.98 Å². The van der Waals surface area contributed by atoms with Crippen LogP contribution >= 0.6 is 0 Å². The van der Waals surface area contributed by atoms with Gasteiger partial charge in [-0.15, -0.1) is 0 Å². The van der Waals surface area contributed by atoms with Gasteiger partial charge in [-0.05, 0) is 23.3 Å². The smallest absolute Gasteiger partial charge is 0.274 e. The van der Waals surface area contributed by atoms with Gasteiger partial charge in [0.1, 0.15) is 0 Å². The number of aromatic hydroxyl groups is 1. The Morgan fingerprint density at radius 2 is 1.92 bits per heavy atom. The van der Waals surface area contributed by atoms with Crippen molar-refractivity contribution in [2.24, 2.45) is 0 Å². The standard InChI is InChI=1S/C19H18N2O3/c1-12(14-9-5-7-13-6-3-4-8-15(13)14)21-19(23)17-18(22)16(24-2)10-11-20-17/h3-12,22H,1-2H3,(H,21,23). The van der Waals surface area contributed by atoms with Gasteiger partial charge in [-0.1, -0.05) is 42.5 Å². The topological polar surface area (TPSA) is 71.5 Å². The number of carbonyl (C=O) groups is 1. The number of nitrogens with one attached hydrogen (secondary N) is 1. The number of nitrogens with zero attached hydrogens (tertiary/aromatic N) is 1. The maximum atomic E-state index is 12.5. The molecule has 2 aromatic carbocycles. The predicted octanol–water partition coefficient (Wildman–Crippen LogP) is 3.44. The highest BCUT2D eigenvalue weighted by Gasteiger charge is 2.19. The van der Waals surface area contributed by atoms with E-state index >= 15 is 0 Å². The van der Waals surface area contributed by atoms with Crippen molar-refractivity contribution in [3.8, 4) is 11.5 Å². The quantitative estimate of drug-likeness (QED) is 0.772. The Hall–Kier alpha value is -3.08. The number of pyridine rings is 1. The van der Waals surface area contributed by atoms with Crippen LogP contribution in [0.25, 0.3) is 10.8 Å². The Morgan fingerprint density at radius 3 is 2.71 bits per heavy atom. The predicted molar refractivity (Wildman–Crippen MR) is 92.3 cm³/mol. The first-order valence-corrected chi connectivity index (χ1v) is 7.62. The molecule has 0 saturated heterocycles. The maximum absolute atomic E-state index is 12.5. The van der Waals surface area contributed by atoms with Crippen LogP contribution in [-0.2, 0) is 0 Å². The largest absolute Gasteiger partial charge is 0.503 e. The van der Waals surface area contributed by atoms with Crippen molar-refractivity contribution in [2.75, 3.05) is 7.11 Å². The van der Waals surface area contributed by atoms with E-state index in [0.29, 0.717) is 0 Å². The lowest BCUT2D eigenvalue weighted by molar-refractivity contribution is 0.0931. The second-order valence-corrected chi connectivity index (χ2v) is 5.47. The molecule has 0 saturated carbocycles. The second-order valence-electron chi connectivity index (χ2n) is 5.47. The molecule has 5 nitrogen and oxygen atoms in total. The highest BCUT2D eigenvalue weighted by Crippen LogP contribution is 2.29. The number of aromatic nitrogens is 1. The summed E-state index contributed by atoms with van der Waals surface area (Å²) in [5.74, 6) is -0.498. The summed E-state index contributed by atoms with van der Waals surface area (Å²) in [5.41, 5.74) is 0.949. The van der Waals surface area contributed by atoms with E-state index in [1.165, 1.54) is 19.4 Å². The van der Waals surface area contributed by atoms with Crippen molar-refractivity contribution >= 4 is 16.7 Å². The van der Waals surface area contributed by atoms with Crippen molar-refractivity contribution in [1.82, 2.24) is 10.3 Å². The highest BCUT2D eigenvalue weighted by molar-refractivity contribution is 5.96. The van der Waals surface area contributed by atoms with Crippen LogP contribution in [0.15, 0.2) is 54.7 Å². The van der Waals surface area contributed by atoms with E-state index in [1.807, 2.05) is 49.4 Å². The Labute approximate surface area is 139 Å². The Morgan fingerprint density at radius 1 is 1.17 bits per heavy atom. The van der Waals surface area contributed by atoms with E-state index in [-0.39, 0.29) is 23.2 Å². The molecule has 0 fully saturated rings. The minimum atomic E-state index is -0.452. The van der Waals surface area contributed by atoms with Gasteiger partial charge in [0.2, 0.25) is 0 Å². The third-order valence-corrected chi connectivity index (χ3v) is 3.96. The monoisotopic (exact) mass is 322 g/mol. The highest BCUT2D eigenvalue weighted by atomic mass is 16.5. The average Bonchev–Trinajstić information content (AvgIpc) is 2.61. The third kappa shape index (κ3) is 2.88. The molecule has 2 N–H and O–H groups in total. The van der Waals surface area contributed by atoms with E-state index in [1.54, 1.807) is 0 Å². The molecule has 1 aromatic heterocycles. The first-order chi connectivity index (χ1) is 11.6. The molecule has 1 heterocycles. The Bertz CT molecular complexity index is 887. The van der Waals surface area contributed by atoms with E-state index in [4.69, 9.17) is 4.74 Å². The molecule has 122 valence electrons. The summed E-state index contributed by atoms with van der Waals surface area (Å²) in [5, 5.41) is 15.1. The van der Waals surface area contributed by atoms with E-state index in [0.717, 1.165) is 16.3 Å². The van der Waals surface area contributed by atoms with Crippen molar-refractivity contribution < 1.29 is 14.6 Å². The Kier molecular flexibility index (Phi) is 4.33. The fourth-order valence-corrected chi connectivity index (χ4v) is 2.74. The van der Waals surface area contributed by atoms with Crippen molar-refractivity contribution in [2.45, 2.75) is 13.0 Å². The fourth-order valence-electron chi connectivity index (χ4n) is 2.74. The zero-order valence-corrected chi connectivity index (χ0v) is 13.5. The first-order valence-electron chi connectivity index (χ1n) is 7.62. The number of hydrogen-bond acceptors (Lipinski definition) is 4. The molecule has 24 heavy (non-hydrogen) atoms. The molecule has 3 rings (SSSR count). The van der Waals surface area contributed by atoms with Crippen LogP contribution in [0.4, 0.5) is 0 Å². The zero-order valence-electron chi connectivity index (χ0n) is 13.5. The van der Waals surface area contributed by atoms with Crippen LogP contribution in [0.3, 0.4) is 0 Å². The van der Waals surface area contributed by atoms with Crippen molar-refractivity contribution in [3.05, 3.63) is 66.0 Å². The van der Waals surface area contributed by atoms with Crippen LogP contribution in [0, 0.1) is 0 Å². The van der Waals surface area contributed by atoms with Gasteiger partial charge < -0.3 is 15.2 Å². The minimum Gasteiger partial charge on any atom is -0.503 e. The van der Waals surface area contributed by atoms with Gasteiger partial charge in [0.25, 0.3) is 5.91 Å². The van der Waals surface area contributed by atoms with E-state index < -0.39 is 5.91 Å². The molecular weight excluding hydrogens is 304 g/mol. The number of benzene rings is 2. The average molecular weight is 322 g/mol. The van der Waals surface area contributed by atoms with Crippen LogP contribution < -0.4 is 10.1 Å². The zero-order chi connectivity index (χ0) is 17.1. The molecule has 0 aliphatic heterocycles. The van der Waals surface area contributed by atoms with E-state index in [2.05, 4.69) is 10.3 Å². The molecule has 0 bridgehead atoms. The fraction of sp³-hybridized carbons (Fsp3) is 0.158. The van der Waals surface area contributed by atoms with Gasteiger partial charge in [0.15, 0.2) is 17.2 Å². The molecule has 1 unspecified atom stereocenters. The summed E-state index contributed by atoms with van der Waals surface area (Å²) in [6, 6.07) is 15.2. The summed E-state index contributed by atoms with van der Waals surface area (Å²) >= 11 is 0. The minimum absolute atomic E-state index is 0.0542. The molecule has 1 amide bonds. The summed E-state index contributed by atoms with van der Waals surface area (Å²) in [6.45, 7) is 1.90. The lowest BCUT2D eigenvalue weighted by atomic mass is 9.99. The lowest BCUT2D eigenvalue weighted by Crippen LogP contribution is -2.27. The summed E-state index contributed by atoms with van der Waals surface area (Å²) in [4.78, 5) is 16.4. The first kappa shape index (κ1) is 15.8. The summed E-state index contributed by atoms with van der Waals surface area (Å²) < 4.78 is 5.01. The molecule has 0 spiro atoms. The van der Waals surface area contributed by atoms with Gasteiger partial charge in [-0.3, -0.25) is 4.79 Å². The van der Waals surface area contributed by atoms with E-state index in [9.17, 15) is 9.90 Å². The number of carbonyl (C=O) groups excluding carboxylic acids is 1. The number of rotatable bonds is 4. The van der Waals surface area contributed by atoms with Crippen LogP contribution in [0.1, 0.15) is 29.0 Å². The number of hydrogen-bond donors (Lipinski definition) is 2. The number of amides is 1. The van der Waals surface area contributed by atoms with Crippen molar-refractivity contribution in [1.29, 1.82) is 0 Å². The number of fused-ring (bicyclic) bond motifs is 1. The Balaban J connectivity index is 1.89. The van der Waals surface area contributed by atoms with Crippen LogP contribution in [0.2, 0.25) is 0 Å². The molecule has 0 radical (unpaired) electrons. The summed E-state index contributed by atoms with van der Waals surface area (Å²) in [6.07, 6.45) is 1.43. The molecule has 3 aromatic rings. The third-order valence-electron chi connectivity index (χ3n) is 3.96. The molecular formula is C19H18N2O3. The van der Waals surface area contributed by atoms with Crippen LogP contribution in [-0.4, -0.2) is 23.1 Å². The SMILES string of the molecule is COc1ccnc(C(=O)NC(C)c2cccc3ccccc23)c1O. The molecule has 0 aliphatic carbocycles. The molecule has 1 atom stereocenters. The van der Waals surface area contributed by atoms with Gasteiger partial charge in [-0.2, -0.15) is 0 Å². The molecule has 5 heteroatoms. The molecule has 0 aliphatic rings. The maximum Gasteiger partial charge on any atom is 0.274 e. The number of ether oxygens (including phenoxy) is 1. The lowest BCUT2D eigenvalue weighted by Gasteiger charge is -2.17. The second kappa shape index (κ2) is 6.58. The van der Waals surface area contributed by atoms with Gasteiger partial charge in [0, 0.05) is 12.3 Å². The van der Waals surface area contributed by atoms with Crippen molar-refractivity contribution in [3.63, 3.8) is 0 Å². The van der Waals surface area contributed by atoms with Crippen LogP contribution in [0.5, 0.6) is 11.5 Å². The normalized spacial score (nSPS) is 11.9.